The zero-order valence-corrected chi connectivity index (χ0v) is 17.0. The number of likely N-dealkylation sites (tertiary alicyclic amines) is 1. The third kappa shape index (κ3) is 3.83. The number of nitrogens with one attached hydrogen (secondary N) is 1. The molecule has 1 aliphatic heterocycles. The Hall–Kier alpha value is -2.90. The van der Waals surface area contributed by atoms with E-state index >= 15 is 0 Å². The summed E-state index contributed by atoms with van der Waals surface area (Å²) in [5, 5.41) is 7.56. The third-order valence-corrected chi connectivity index (χ3v) is 6.06. The Bertz CT molecular complexity index is 992. The number of carbonyl (C=O) groups excluding carboxylic acids is 2. The first-order valence-corrected chi connectivity index (χ1v) is 10.2. The van der Waals surface area contributed by atoms with Gasteiger partial charge in [0.1, 0.15) is 0 Å². The van der Waals surface area contributed by atoms with Gasteiger partial charge in [-0.15, -0.1) is 0 Å². The van der Waals surface area contributed by atoms with Crippen molar-refractivity contribution < 1.29 is 9.59 Å². The van der Waals surface area contributed by atoms with Gasteiger partial charge in [-0.05, 0) is 43.7 Å². The lowest BCUT2D eigenvalue weighted by molar-refractivity contribution is -0.134. The van der Waals surface area contributed by atoms with Gasteiger partial charge in [0.15, 0.2) is 0 Å². The second-order valence-corrected chi connectivity index (χ2v) is 8.13. The minimum absolute atomic E-state index is 0.0494. The summed E-state index contributed by atoms with van der Waals surface area (Å²) in [5.41, 5.74) is 3.76. The van der Waals surface area contributed by atoms with Crippen molar-refractivity contribution in [2.24, 2.45) is 13.0 Å². The number of carbonyl (C=O) groups is 2. The number of hydrogen-bond donors (Lipinski definition) is 1. The molecule has 0 saturated carbocycles. The lowest BCUT2D eigenvalue weighted by Gasteiger charge is -2.22. The fourth-order valence-electron chi connectivity index (χ4n) is 4.34. The van der Waals surface area contributed by atoms with Gasteiger partial charge in [0.2, 0.25) is 11.5 Å². The molecule has 1 atom stereocenters. The maximum atomic E-state index is 12.9. The zero-order valence-electron chi connectivity index (χ0n) is 17.0. The molecule has 1 N–H and O–H groups in total. The molecule has 0 radical (unpaired) electrons. The van der Waals surface area contributed by atoms with E-state index in [1.807, 2.05) is 7.05 Å². The highest BCUT2D eigenvalue weighted by Crippen LogP contribution is 2.25. The van der Waals surface area contributed by atoms with Gasteiger partial charge >= 0.3 is 0 Å². The van der Waals surface area contributed by atoms with Gasteiger partial charge in [0.05, 0.1) is 23.7 Å². The summed E-state index contributed by atoms with van der Waals surface area (Å²) in [4.78, 5) is 40.6. The van der Waals surface area contributed by atoms with Crippen molar-refractivity contribution in [3.8, 4) is 0 Å². The van der Waals surface area contributed by atoms with Gasteiger partial charge in [-0.2, -0.15) is 5.10 Å². The summed E-state index contributed by atoms with van der Waals surface area (Å²) in [5.74, 6) is -0.292. The van der Waals surface area contributed by atoms with Crippen LogP contribution < -0.4 is 5.56 Å². The van der Waals surface area contributed by atoms with Crippen LogP contribution in [0.2, 0.25) is 0 Å². The molecule has 2 aliphatic rings. The molecule has 29 heavy (non-hydrogen) atoms. The topological polar surface area (TPSA) is 91.3 Å². The first kappa shape index (κ1) is 19.4. The molecule has 0 bridgehead atoms. The van der Waals surface area contributed by atoms with E-state index in [4.69, 9.17) is 0 Å². The molecule has 2 aromatic rings. The summed E-state index contributed by atoms with van der Waals surface area (Å²) >= 11 is 0. The number of hydrogen-bond acceptors (Lipinski definition) is 4. The lowest BCUT2D eigenvalue weighted by atomic mass is 9.96. The number of rotatable bonds is 4. The van der Waals surface area contributed by atoms with Crippen molar-refractivity contribution in [1.29, 1.82) is 0 Å². The predicted molar refractivity (Wildman–Crippen MR) is 107 cm³/mol. The van der Waals surface area contributed by atoms with Crippen LogP contribution in [0.1, 0.15) is 46.6 Å². The van der Waals surface area contributed by atoms with Gasteiger partial charge in [0, 0.05) is 45.1 Å². The molecular formula is C21H27N5O3. The Morgan fingerprint density at radius 1 is 1.28 bits per heavy atom. The minimum Gasteiger partial charge on any atom is -0.339 e. The lowest BCUT2D eigenvalue weighted by Crippen LogP contribution is -2.36. The highest BCUT2D eigenvalue weighted by Gasteiger charge is 2.33. The summed E-state index contributed by atoms with van der Waals surface area (Å²) in [6, 6.07) is 2.94. The van der Waals surface area contributed by atoms with Gasteiger partial charge < -0.3 is 14.4 Å². The standard InChI is InChI=1S/C21H27N5O3/c1-24-11-14(7-8-19(24)27)21(29)26-10-9-15(12-26)20(28)25(2)13-18-16-5-3-4-6-17(16)22-23-18/h7-8,11,15H,3-6,9-10,12-13H2,1-2H3,(H,22,23). The van der Waals surface area contributed by atoms with Gasteiger partial charge in [-0.1, -0.05) is 0 Å². The van der Waals surface area contributed by atoms with E-state index < -0.39 is 0 Å². The van der Waals surface area contributed by atoms with Crippen molar-refractivity contribution in [1.82, 2.24) is 24.6 Å². The number of amides is 2. The average molecular weight is 397 g/mol. The molecule has 2 amide bonds. The zero-order chi connectivity index (χ0) is 20.5. The van der Waals surface area contributed by atoms with E-state index in [1.165, 1.54) is 34.7 Å². The molecule has 2 aromatic heterocycles. The largest absolute Gasteiger partial charge is 0.339 e. The normalized spacial score (nSPS) is 18.6. The van der Waals surface area contributed by atoms with Crippen LogP contribution >= 0.6 is 0 Å². The van der Waals surface area contributed by atoms with E-state index in [0.29, 0.717) is 31.6 Å². The number of fused-ring (bicyclic) bond motifs is 1. The number of aromatic nitrogens is 3. The number of pyridine rings is 1. The molecule has 4 rings (SSSR count). The number of aryl methyl sites for hydroxylation is 2. The van der Waals surface area contributed by atoms with E-state index in [2.05, 4.69) is 10.2 Å². The Labute approximate surface area is 169 Å². The Balaban J connectivity index is 1.38. The van der Waals surface area contributed by atoms with Crippen LogP contribution in [0.5, 0.6) is 0 Å². The van der Waals surface area contributed by atoms with Crippen LogP contribution in [0.3, 0.4) is 0 Å². The predicted octanol–water partition coefficient (Wildman–Crippen LogP) is 1.11. The van der Waals surface area contributed by atoms with E-state index in [1.54, 1.807) is 29.1 Å². The Kier molecular flexibility index (Phi) is 5.25. The highest BCUT2D eigenvalue weighted by atomic mass is 16.2. The van der Waals surface area contributed by atoms with Crippen molar-refractivity contribution >= 4 is 11.8 Å². The Morgan fingerprint density at radius 2 is 2.07 bits per heavy atom. The highest BCUT2D eigenvalue weighted by molar-refractivity contribution is 5.94. The second kappa shape index (κ2) is 7.85. The summed E-state index contributed by atoms with van der Waals surface area (Å²) in [6.07, 6.45) is 6.61. The van der Waals surface area contributed by atoms with Crippen molar-refractivity contribution in [3.63, 3.8) is 0 Å². The molecular weight excluding hydrogens is 370 g/mol. The monoisotopic (exact) mass is 397 g/mol. The maximum Gasteiger partial charge on any atom is 0.255 e. The number of nitrogens with zero attached hydrogens (tertiary/aromatic N) is 4. The quantitative estimate of drug-likeness (QED) is 0.837. The summed E-state index contributed by atoms with van der Waals surface area (Å²) < 4.78 is 1.39. The molecule has 3 heterocycles. The Morgan fingerprint density at radius 3 is 2.86 bits per heavy atom. The molecule has 1 fully saturated rings. The van der Waals surface area contributed by atoms with Gasteiger partial charge in [-0.25, -0.2) is 0 Å². The van der Waals surface area contributed by atoms with Crippen molar-refractivity contribution in [2.75, 3.05) is 20.1 Å². The van der Waals surface area contributed by atoms with Crippen molar-refractivity contribution in [3.05, 3.63) is 51.2 Å². The summed E-state index contributed by atoms with van der Waals surface area (Å²) in [6.45, 7) is 1.45. The van der Waals surface area contributed by atoms with Crippen LogP contribution in [-0.2, 0) is 31.2 Å². The van der Waals surface area contributed by atoms with E-state index in [-0.39, 0.29) is 23.3 Å². The van der Waals surface area contributed by atoms with Gasteiger partial charge in [0.25, 0.3) is 5.91 Å². The van der Waals surface area contributed by atoms with Crippen LogP contribution in [0.4, 0.5) is 0 Å². The van der Waals surface area contributed by atoms with Gasteiger partial charge in [-0.3, -0.25) is 19.5 Å². The smallest absolute Gasteiger partial charge is 0.255 e. The molecule has 1 unspecified atom stereocenters. The number of H-pyrrole nitrogens is 1. The van der Waals surface area contributed by atoms with Crippen LogP contribution in [-0.4, -0.2) is 56.5 Å². The first-order valence-electron chi connectivity index (χ1n) is 10.2. The molecule has 0 spiro atoms. The van der Waals surface area contributed by atoms with Crippen molar-refractivity contribution in [2.45, 2.75) is 38.6 Å². The average Bonchev–Trinajstić information content (AvgIpc) is 3.37. The van der Waals surface area contributed by atoms with E-state index in [0.717, 1.165) is 18.5 Å². The summed E-state index contributed by atoms with van der Waals surface area (Å²) in [7, 11) is 3.43. The SMILES string of the molecule is CN(Cc1n[nH]c2c1CCCC2)C(=O)C1CCN(C(=O)c2ccc(=O)n(C)c2)C1. The fraction of sp³-hybridized carbons (Fsp3) is 0.524. The third-order valence-electron chi connectivity index (χ3n) is 6.06. The molecule has 8 heteroatoms. The van der Waals surface area contributed by atoms with Crippen LogP contribution in [0.25, 0.3) is 0 Å². The number of aromatic amines is 1. The minimum atomic E-state index is -0.203. The fourth-order valence-corrected chi connectivity index (χ4v) is 4.34. The molecule has 1 saturated heterocycles. The van der Waals surface area contributed by atoms with E-state index in [9.17, 15) is 14.4 Å². The molecule has 154 valence electrons. The second-order valence-electron chi connectivity index (χ2n) is 8.13. The molecule has 0 aromatic carbocycles. The first-order chi connectivity index (χ1) is 13.9. The molecule has 8 nitrogen and oxygen atoms in total. The maximum absolute atomic E-state index is 12.9. The van der Waals surface area contributed by atoms with Crippen LogP contribution in [0.15, 0.2) is 23.1 Å². The van der Waals surface area contributed by atoms with Crippen LogP contribution in [0, 0.1) is 5.92 Å². The molecule has 1 aliphatic carbocycles.